The normalized spacial score (nSPS) is 10.8. The second-order valence-electron chi connectivity index (χ2n) is 8.37. The topological polar surface area (TPSA) is 73.2 Å². The molecule has 0 saturated carbocycles. The van der Waals surface area contributed by atoms with Crippen molar-refractivity contribution in [3.63, 3.8) is 0 Å². The maximum absolute atomic E-state index is 13.5. The summed E-state index contributed by atoms with van der Waals surface area (Å²) in [6, 6.07) is 21.1. The number of hydrogen-bond acceptors (Lipinski definition) is 5. The third kappa shape index (κ3) is 7.69. The fourth-order valence-corrected chi connectivity index (χ4v) is 3.87. The van der Waals surface area contributed by atoms with E-state index in [-0.39, 0.29) is 18.4 Å². The molecule has 8 heteroatoms. The molecular formula is C28H35N3O5. The van der Waals surface area contributed by atoms with Crippen LogP contribution in [-0.4, -0.2) is 80.4 Å². The Bertz CT molecular complexity index is 1100. The first-order valence-electron chi connectivity index (χ1n) is 11.9. The number of benzene rings is 2. The second-order valence-corrected chi connectivity index (χ2v) is 8.37. The van der Waals surface area contributed by atoms with Crippen LogP contribution < -0.4 is 4.74 Å². The SMILES string of the molecule is COCCN(Cc1cccn1Cc1ccccc1)C(=O)CN(CCOC)C(=O)c1cccc(OC)c1. The Labute approximate surface area is 213 Å². The fourth-order valence-electron chi connectivity index (χ4n) is 3.87. The molecule has 0 unspecified atom stereocenters. The van der Waals surface area contributed by atoms with E-state index in [4.69, 9.17) is 14.2 Å². The van der Waals surface area contributed by atoms with Crippen molar-refractivity contribution in [2.24, 2.45) is 0 Å². The largest absolute Gasteiger partial charge is 0.497 e. The van der Waals surface area contributed by atoms with Crippen LogP contribution in [0.2, 0.25) is 0 Å². The number of carbonyl (C=O) groups excluding carboxylic acids is 2. The van der Waals surface area contributed by atoms with E-state index >= 15 is 0 Å². The summed E-state index contributed by atoms with van der Waals surface area (Å²) in [7, 11) is 4.73. The van der Waals surface area contributed by atoms with Crippen molar-refractivity contribution in [3.05, 3.63) is 89.7 Å². The molecule has 3 rings (SSSR count). The Kier molecular flexibility index (Phi) is 10.5. The minimum Gasteiger partial charge on any atom is -0.497 e. The zero-order valence-corrected chi connectivity index (χ0v) is 21.3. The molecule has 0 aliphatic carbocycles. The third-order valence-corrected chi connectivity index (χ3v) is 5.89. The molecular weight excluding hydrogens is 458 g/mol. The van der Waals surface area contributed by atoms with Crippen molar-refractivity contribution in [1.82, 2.24) is 14.4 Å². The number of carbonyl (C=O) groups is 2. The van der Waals surface area contributed by atoms with Crippen LogP contribution in [0.1, 0.15) is 21.6 Å². The van der Waals surface area contributed by atoms with Gasteiger partial charge in [-0.25, -0.2) is 0 Å². The summed E-state index contributed by atoms with van der Waals surface area (Å²) < 4.78 is 17.9. The first-order chi connectivity index (χ1) is 17.5. The lowest BCUT2D eigenvalue weighted by molar-refractivity contribution is -0.133. The summed E-state index contributed by atoms with van der Waals surface area (Å²) in [5.74, 6) is 0.171. The van der Waals surface area contributed by atoms with Gasteiger partial charge >= 0.3 is 0 Å². The molecule has 0 fully saturated rings. The predicted molar refractivity (Wildman–Crippen MR) is 138 cm³/mol. The average Bonchev–Trinajstić information content (AvgIpc) is 3.35. The number of nitrogens with zero attached hydrogens (tertiary/aromatic N) is 3. The van der Waals surface area contributed by atoms with Gasteiger partial charge in [-0.2, -0.15) is 0 Å². The van der Waals surface area contributed by atoms with Crippen molar-refractivity contribution in [2.45, 2.75) is 13.1 Å². The van der Waals surface area contributed by atoms with Gasteiger partial charge in [0.2, 0.25) is 5.91 Å². The number of hydrogen-bond donors (Lipinski definition) is 0. The van der Waals surface area contributed by atoms with E-state index < -0.39 is 0 Å². The molecule has 192 valence electrons. The molecule has 0 aliphatic heterocycles. The minimum atomic E-state index is -0.251. The van der Waals surface area contributed by atoms with Gasteiger partial charge < -0.3 is 28.6 Å². The third-order valence-electron chi connectivity index (χ3n) is 5.89. The van der Waals surface area contributed by atoms with Crippen LogP contribution in [0.3, 0.4) is 0 Å². The van der Waals surface area contributed by atoms with Crippen molar-refractivity contribution >= 4 is 11.8 Å². The van der Waals surface area contributed by atoms with Gasteiger partial charge in [-0.3, -0.25) is 9.59 Å². The van der Waals surface area contributed by atoms with Crippen molar-refractivity contribution in [2.75, 3.05) is 54.2 Å². The molecule has 0 spiro atoms. The number of rotatable bonds is 14. The molecule has 2 aromatic carbocycles. The monoisotopic (exact) mass is 493 g/mol. The standard InChI is InChI=1S/C28H35N3O5/c1-34-17-15-30(21-25-12-8-14-29(25)20-23-9-5-4-6-10-23)27(32)22-31(16-18-35-2)28(33)24-11-7-13-26(19-24)36-3/h4-14,19H,15-18,20-22H2,1-3H3. The average molecular weight is 494 g/mol. The van der Waals surface area contributed by atoms with E-state index in [2.05, 4.69) is 16.7 Å². The highest BCUT2D eigenvalue weighted by molar-refractivity contribution is 5.96. The first-order valence-corrected chi connectivity index (χ1v) is 11.9. The molecule has 0 bridgehead atoms. The van der Waals surface area contributed by atoms with Gasteiger partial charge in [0.25, 0.3) is 5.91 Å². The van der Waals surface area contributed by atoms with Crippen LogP contribution in [-0.2, 0) is 27.4 Å². The highest BCUT2D eigenvalue weighted by Gasteiger charge is 2.23. The van der Waals surface area contributed by atoms with E-state index in [0.29, 0.717) is 50.7 Å². The van der Waals surface area contributed by atoms with Gasteiger partial charge in [0, 0.05) is 51.3 Å². The number of methoxy groups -OCH3 is 3. The molecule has 36 heavy (non-hydrogen) atoms. The molecule has 1 aromatic heterocycles. The minimum absolute atomic E-state index is 0.0670. The van der Waals surface area contributed by atoms with Gasteiger partial charge in [0.05, 0.1) is 26.9 Å². The quantitative estimate of drug-likeness (QED) is 0.345. The molecule has 0 radical (unpaired) electrons. The lowest BCUT2D eigenvalue weighted by Crippen LogP contribution is -2.45. The molecule has 2 amide bonds. The lowest BCUT2D eigenvalue weighted by atomic mass is 10.2. The Hall–Kier alpha value is -3.62. The van der Waals surface area contributed by atoms with Crippen LogP contribution in [0.5, 0.6) is 5.75 Å². The van der Waals surface area contributed by atoms with Gasteiger partial charge in [-0.15, -0.1) is 0 Å². The fraction of sp³-hybridized carbons (Fsp3) is 0.357. The van der Waals surface area contributed by atoms with Crippen LogP contribution >= 0.6 is 0 Å². The van der Waals surface area contributed by atoms with Crippen molar-refractivity contribution < 1.29 is 23.8 Å². The van der Waals surface area contributed by atoms with Gasteiger partial charge in [0.15, 0.2) is 0 Å². The zero-order valence-electron chi connectivity index (χ0n) is 21.3. The second kappa shape index (κ2) is 14.1. The van der Waals surface area contributed by atoms with E-state index in [1.54, 1.807) is 50.5 Å². The Morgan fingerprint density at radius 1 is 0.833 bits per heavy atom. The molecule has 0 N–H and O–H groups in total. The van der Waals surface area contributed by atoms with Gasteiger partial charge in [-0.05, 0) is 35.9 Å². The molecule has 0 saturated heterocycles. The van der Waals surface area contributed by atoms with E-state index in [1.807, 2.05) is 36.5 Å². The summed E-state index contributed by atoms with van der Waals surface area (Å²) in [4.78, 5) is 30.0. The summed E-state index contributed by atoms with van der Waals surface area (Å²) in [6.07, 6.45) is 2.01. The molecule has 0 atom stereocenters. The molecule has 1 heterocycles. The number of amides is 2. The van der Waals surface area contributed by atoms with Gasteiger partial charge in [-0.1, -0.05) is 36.4 Å². The number of aromatic nitrogens is 1. The molecule has 0 aliphatic rings. The van der Waals surface area contributed by atoms with Crippen molar-refractivity contribution in [3.8, 4) is 5.75 Å². The predicted octanol–water partition coefficient (Wildman–Crippen LogP) is 3.31. The van der Waals surface area contributed by atoms with E-state index in [0.717, 1.165) is 5.69 Å². The summed E-state index contributed by atoms with van der Waals surface area (Å²) >= 11 is 0. The first kappa shape index (κ1) is 27.0. The van der Waals surface area contributed by atoms with E-state index in [1.165, 1.54) is 10.5 Å². The number of ether oxygens (including phenoxy) is 3. The summed E-state index contributed by atoms with van der Waals surface area (Å²) in [5.41, 5.74) is 2.64. The molecule has 8 nitrogen and oxygen atoms in total. The summed E-state index contributed by atoms with van der Waals surface area (Å²) in [5, 5.41) is 0. The smallest absolute Gasteiger partial charge is 0.254 e. The Morgan fingerprint density at radius 3 is 2.25 bits per heavy atom. The van der Waals surface area contributed by atoms with Crippen LogP contribution in [0.15, 0.2) is 72.9 Å². The van der Waals surface area contributed by atoms with Crippen LogP contribution in [0.25, 0.3) is 0 Å². The zero-order chi connectivity index (χ0) is 25.8. The Balaban J connectivity index is 1.76. The van der Waals surface area contributed by atoms with Crippen molar-refractivity contribution in [1.29, 1.82) is 0 Å². The highest BCUT2D eigenvalue weighted by atomic mass is 16.5. The van der Waals surface area contributed by atoms with Gasteiger partial charge in [0.1, 0.15) is 12.3 Å². The maximum atomic E-state index is 13.5. The van der Waals surface area contributed by atoms with Crippen LogP contribution in [0.4, 0.5) is 0 Å². The molecule has 3 aromatic rings. The van der Waals surface area contributed by atoms with Crippen LogP contribution in [0, 0.1) is 0 Å². The van der Waals surface area contributed by atoms with E-state index in [9.17, 15) is 9.59 Å². The lowest BCUT2D eigenvalue weighted by Gasteiger charge is -2.28. The Morgan fingerprint density at radius 2 is 1.56 bits per heavy atom. The highest BCUT2D eigenvalue weighted by Crippen LogP contribution is 2.16. The summed E-state index contributed by atoms with van der Waals surface area (Å²) in [6.45, 7) is 2.48. The maximum Gasteiger partial charge on any atom is 0.254 e.